The molecule has 0 aliphatic carbocycles. The molecule has 130 valence electrons. The summed E-state index contributed by atoms with van der Waals surface area (Å²) in [5.74, 6) is -1.46. The van der Waals surface area contributed by atoms with Crippen molar-refractivity contribution < 1.29 is 17.6 Å². The van der Waals surface area contributed by atoms with E-state index in [-0.39, 0.29) is 21.6 Å². The number of sulfonamides is 1. The first kappa shape index (κ1) is 16.9. The van der Waals surface area contributed by atoms with Crippen molar-refractivity contribution in [3.05, 3.63) is 58.6 Å². The van der Waals surface area contributed by atoms with Gasteiger partial charge >= 0.3 is 5.76 Å². The van der Waals surface area contributed by atoms with E-state index < -0.39 is 21.7 Å². The number of nitrogens with zero attached hydrogens (tertiary/aromatic N) is 2. The van der Waals surface area contributed by atoms with Crippen molar-refractivity contribution in [3.8, 4) is 0 Å². The molecule has 0 saturated carbocycles. The van der Waals surface area contributed by atoms with Crippen LogP contribution in [0.5, 0.6) is 0 Å². The number of benzene rings is 2. The first-order valence-corrected chi connectivity index (χ1v) is 8.64. The molecule has 3 aromatic rings. The van der Waals surface area contributed by atoms with Gasteiger partial charge in [-0.25, -0.2) is 22.1 Å². The Kier molecular flexibility index (Phi) is 3.97. The SMILES string of the molecule is CN(C)S(=O)(=O)c1ccc(C(=O)n2c(=O)oc3cc(N)ccc32)cc1. The zero-order valence-electron chi connectivity index (χ0n) is 13.5. The Hall–Kier alpha value is -2.91. The molecule has 8 nitrogen and oxygen atoms in total. The summed E-state index contributed by atoms with van der Waals surface area (Å²) in [7, 11) is -0.772. The smallest absolute Gasteiger partial charge is 0.407 e. The van der Waals surface area contributed by atoms with Gasteiger partial charge in [-0.2, -0.15) is 0 Å². The third-order valence-electron chi connectivity index (χ3n) is 3.69. The Labute approximate surface area is 143 Å². The summed E-state index contributed by atoms with van der Waals surface area (Å²) >= 11 is 0. The number of carbonyl (C=O) groups is 1. The predicted molar refractivity (Wildman–Crippen MR) is 91.9 cm³/mol. The third kappa shape index (κ3) is 2.83. The molecule has 2 aromatic carbocycles. The molecule has 0 spiro atoms. The maximum Gasteiger partial charge on any atom is 0.427 e. The van der Waals surface area contributed by atoms with E-state index in [1.807, 2.05) is 0 Å². The van der Waals surface area contributed by atoms with Gasteiger partial charge in [-0.1, -0.05) is 0 Å². The predicted octanol–water partition coefficient (Wildman–Crippen LogP) is 1.12. The van der Waals surface area contributed by atoms with Crippen LogP contribution < -0.4 is 11.5 Å². The summed E-state index contributed by atoms with van der Waals surface area (Å²) in [5, 5.41) is 0. The van der Waals surface area contributed by atoms with Gasteiger partial charge in [-0.05, 0) is 36.4 Å². The summed E-state index contributed by atoms with van der Waals surface area (Å²) in [6.07, 6.45) is 0. The zero-order chi connectivity index (χ0) is 18.4. The molecule has 0 amide bonds. The zero-order valence-corrected chi connectivity index (χ0v) is 14.3. The quantitative estimate of drug-likeness (QED) is 0.699. The van der Waals surface area contributed by atoms with Gasteiger partial charge in [0, 0.05) is 31.4 Å². The van der Waals surface area contributed by atoms with E-state index >= 15 is 0 Å². The van der Waals surface area contributed by atoms with Gasteiger partial charge in [0.05, 0.1) is 10.4 Å². The highest BCUT2D eigenvalue weighted by Gasteiger charge is 2.20. The Morgan fingerprint density at radius 2 is 1.76 bits per heavy atom. The minimum absolute atomic E-state index is 0.0474. The van der Waals surface area contributed by atoms with E-state index in [2.05, 4.69) is 0 Å². The van der Waals surface area contributed by atoms with Crippen molar-refractivity contribution in [1.82, 2.24) is 8.87 Å². The van der Waals surface area contributed by atoms with Crippen LogP contribution in [0.4, 0.5) is 5.69 Å². The topological polar surface area (TPSA) is 116 Å². The van der Waals surface area contributed by atoms with E-state index in [1.165, 1.54) is 50.5 Å². The average molecular weight is 361 g/mol. The molecule has 1 heterocycles. The molecule has 0 fully saturated rings. The number of fused-ring (bicyclic) bond motifs is 1. The summed E-state index contributed by atoms with van der Waals surface area (Å²) in [6.45, 7) is 0. The number of oxazole rings is 1. The van der Waals surface area contributed by atoms with Crippen LogP contribution in [0.15, 0.2) is 56.6 Å². The van der Waals surface area contributed by atoms with Crippen molar-refractivity contribution in [3.63, 3.8) is 0 Å². The van der Waals surface area contributed by atoms with Crippen LogP contribution in [0.1, 0.15) is 10.4 Å². The standard InChI is InChI=1S/C16H15N3O5S/c1-18(2)25(22,23)12-6-3-10(4-7-12)15(20)19-13-8-5-11(17)9-14(13)24-16(19)21/h3-9H,17H2,1-2H3. The highest BCUT2D eigenvalue weighted by molar-refractivity contribution is 7.89. The summed E-state index contributed by atoms with van der Waals surface area (Å²) in [4.78, 5) is 24.7. The molecule has 0 unspecified atom stereocenters. The number of hydrogen-bond donors (Lipinski definition) is 1. The molecule has 0 aliphatic heterocycles. The fourth-order valence-electron chi connectivity index (χ4n) is 2.34. The minimum atomic E-state index is -3.60. The molecule has 1 aromatic heterocycles. The van der Waals surface area contributed by atoms with E-state index in [0.717, 1.165) is 8.87 Å². The average Bonchev–Trinajstić information content (AvgIpc) is 2.89. The second-order valence-corrected chi connectivity index (χ2v) is 7.70. The summed E-state index contributed by atoms with van der Waals surface area (Å²) in [5.41, 5.74) is 6.67. The number of nitrogen functional groups attached to an aromatic ring is 1. The van der Waals surface area contributed by atoms with Crippen LogP contribution >= 0.6 is 0 Å². The number of carbonyl (C=O) groups excluding carboxylic acids is 1. The molecule has 9 heteroatoms. The highest BCUT2D eigenvalue weighted by Crippen LogP contribution is 2.19. The maximum absolute atomic E-state index is 12.6. The normalized spacial score (nSPS) is 12.0. The van der Waals surface area contributed by atoms with Crippen LogP contribution in [0.25, 0.3) is 11.1 Å². The van der Waals surface area contributed by atoms with E-state index in [1.54, 1.807) is 6.07 Å². The Morgan fingerprint density at radius 1 is 1.12 bits per heavy atom. The van der Waals surface area contributed by atoms with Crippen molar-refractivity contribution in [2.45, 2.75) is 4.90 Å². The van der Waals surface area contributed by atoms with Gasteiger partial charge < -0.3 is 10.2 Å². The van der Waals surface area contributed by atoms with Crippen molar-refractivity contribution in [1.29, 1.82) is 0 Å². The molecule has 0 bridgehead atoms. The lowest BCUT2D eigenvalue weighted by Gasteiger charge is -2.11. The van der Waals surface area contributed by atoms with Gasteiger partial charge in [0.25, 0.3) is 5.91 Å². The van der Waals surface area contributed by atoms with Gasteiger partial charge in [0.15, 0.2) is 5.58 Å². The van der Waals surface area contributed by atoms with Crippen molar-refractivity contribution in [2.75, 3.05) is 19.8 Å². The van der Waals surface area contributed by atoms with E-state index in [4.69, 9.17) is 10.2 Å². The molecule has 25 heavy (non-hydrogen) atoms. The van der Waals surface area contributed by atoms with E-state index in [9.17, 15) is 18.0 Å². The number of aromatic nitrogens is 1. The lowest BCUT2D eigenvalue weighted by Crippen LogP contribution is -2.24. The molecule has 0 saturated heterocycles. The molecular formula is C16H15N3O5S. The van der Waals surface area contributed by atoms with Gasteiger partial charge in [-0.15, -0.1) is 0 Å². The fourth-order valence-corrected chi connectivity index (χ4v) is 3.24. The first-order valence-electron chi connectivity index (χ1n) is 7.20. The van der Waals surface area contributed by atoms with Crippen LogP contribution in [-0.2, 0) is 10.0 Å². The number of hydrogen-bond acceptors (Lipinski definition) is 6. The largest absolute Gasteiger partial charge is 0.427 e. The van der Waals surface area contributed by atoms with Gasteiger partial charge in [-0.3, -0.25) is 4.79 Å². The molecule has 0 atom stereocenters. The molecule has 0 aliphatic rings. The van der Waals surface area contributed by atoms with Crippen LogP contribution in [0, 0.1) is 0 Å². The maximum atomic E-state index is 12.6. The fraction of sp³-hybridized carbons (Fsp3) is 0.125. The van der Waals surface area contributed by atoms with Gasteiger partial charge in [0.1, 0.15) is 0 Å². The molecular weight excluding hydrogens is 346 g/mol. The molecule has 0 radical (unpaired) electrons. The second kappa shape index (κ2) is 5.87. The van der Waals surface area contributed by atoms with Gasteiger partial charge in [0.2, 0.25) is 10.0 Å². The first-order chi connectivity index (χ1) is 11.7. The Bertz CT molecular complexity index is 1120. The number of nitrogens with two attached hydrogens (primary N) is 1. The number of anilines is 1. The van der Waals surface area contributed by atoms with E-state index in [0.29, 0.717) is 5.69 Å². The molecule has 3 rings (SSSR count). The van der Waals surface area contributed by atoms with Crippen LogP contribution in [0.3, 0.4) is 0 Å². The van der Waals surface area contributed by atoms with Crippen LogP contribution in [0.2, 0.25) is 0 Å². The molecule has 2 N–H and O–H groups in total. The third-order valence-corrected chi connectivity index (χ3v) is 5.52. The number of rotatable bonds is 3. The van der Waals surface area contributed by atoms with Crippen LogP contribution in [-0.4, -0.2) is 37.3 Å². The lowest BCUT2D eigenvalue weighted by molar-refractivity contribution is 0.0956. The Morgan fingerprint density at radius 3 is 2.36 bits per heavy atom. The highest BCUT2D eigenvalue weighted by atomic mass is 32.2. The monoisotopic (exact) mass is 361 g/mol. The minimum Gasteiger partial charge on any atom is -0.407 e. The Balaban J connectivity index is 2.05. The summed E-state index contributed by atoms with van der Waals surface area (Å²) < 4.78 is 31.1. The lowest BCUT2D eigenvalue weighted by atomic mass is 10.2. The second-order valence-electron chi connectivity index (χ2n) is 5.55. The van der Waals surface area contributed by atoms with Crippen molar-refractivity contribution >= 4 is 32.7 Å². The van der Waals surface area contributed by atoms with Crippen molar-refractivity contribution in [2.24, 2.45) is 0 Å². The summed E-state index contributed by atoms with van der Waals surface area (Å²) in [6, 6.07) is 9.84.